The first-order valence-corrected chi connectivity index (χ1v) is 6.17. The smallest absolute Gasteiger partial charge is 0.0626 e. The van der Waals surface area contributed by atoms with Crippen LogP contribution in [0.3, 0.4) is 0 Å². The molecule has 90 valence electrons. The van der Waals surface area contributed by atoms with Crippen LogP contribution >= 0.6 is 0 Å². The summed E-state index contributed by atoms with van der Waals surface area (Å²) in [5.74, 6) is 0.542. The van der Waals surface area contributed by atoms with Gasteiger partial charge in [-0.1, -0.05) is 6.92 Å². The quantitative estimate of drug-likeness (QED) is 0.669. The van der Waals surface area contributed by atoms with Crippen molar-refractivity contribution in [2.75, 3.05) is 19.7 Å². The first kappa shape index (κ1) is 12.9. The van der Waals surface area contributed by atoms with Crippen LogP contribution in [0.25, 0.3) is 0 Å². The topological polar surface area (TPSA) is 49.5 Å². The van der Waals surface area contributed by atoms with E-state index in [-0.39, 0.29) is 12.1 Å². The number of nitrogens with two attached hydrogens (primary N) is 1. The summed E-state index contributed by atoms with van der Waals surface area (Å²) in [4.78, 5) is 2.38. The van der Waals surface area contributed by atoms with E-state index in [9.17, 15) is 5.11 Å². The predicted octanol–water partition coefficient (Wildman–Crippen LogP) is 1.21. The summed E-state index contributed by atoms with van der Waals surface area (Å²) in [6.07, 6.45) is 3.52. The lowest BCUT2D eigenvalue weighted by molar-refractivity contribution is 0.104. The molecule has 1 fully saturated rings. The van der Waals surface area contributed by atoms with Crippen LogP contribution in [0.1, 0.15) is 40.0 Å². The number of hydrogen-bond acceptors (Lipinski definition) is 3. The zero-order valence-electron chi connectivity index (χ0n) is 10.4. The van der Waals surface area contributed by atoms with Crippen molar-refractivity contribution in [3.05, 3.63) is 0 Å². The third-order valence-electron chi connectivity index (χ3n) is 3.42. The summed E-state index contributed by atoms with van der Waals surface area (Å²) in [7, 11) is 0. The summed E-state index contributed by atoms with van der Waals surface area (Å²) >= 11 is 0. The van der Waals surface area contributed by atoms with Crippen molar-refractivity contribution >= 4 is 0 Å². The summed E-state index contributed by atoms with van der Waals surface area (Å²) in [5.41, 5.74) is 5.92. The number of aliphatic hydroxyl groups is 1. The van der Waals surface area contributed by atoms with Gasteiger partial charge in [0.1, 0.15) is 0 Å². The fourth-order valence-electron chi connectivity index (χ4n) is 2.15. The Morgan fingerprint density at radius 3 is 2.40 bits per heavy atom. The largest absolute Gasteiger partial charge is 0.394 e. The average Bonchev–Trinajstić information content (AvgIpc) is 3.00. The SMILES string of the molecule is CCCN(CC(N)(CO)C1CC1)C(C)C. The van der Waals surface area contributed by atoms with Gasteiger partial charge in [-0.05, 0) is 45.6 Å². The Labute approximate surface area is 93.6 Å². The molecule has 0 amide bonds. The zero-order chi connectivity index (χ0) is 11.5. The van der Waals surface area contributed by atoms with Gasteiger partial charge in [-0.15, -0.1) is 0 Å². The molecule has 3 heteroatoms. The minimum atomic E-state index is -0.362. The second-order valence-electron chi connectivity index (χ2n) is 5.23. The molecule has 0 saturated heterocycles. The van der Waals surface area contributed by atoms with Crippen molar-refractivity contribution in [2.45, 2.75) is 51.6 Å². The predicted molar refractivity (Wildman–Crippen MR) is 63.7 cm³/mol. The van der Waals surface area contributed by atoms with E-state index in [0.717, 1.165) is 19.5 Å². The lowest BCUT2D eigenvalue weighted by Gasteiger charge is -2.36. The molecule has 0 aliphatic heterocycles. The molecule has 0 bridgehead atoms. The Morgan fingerprint density at radius 2 is 2.07 bits per heavy atom. The maximum Gasteiger partial charge on any atom is 0.0626 e. The fraction of sp³-hybridized carbons (Fsp3) is 1.00. The Bertz CT molecular complexity index is 192. The lowest BCUT2D eigenvalue weighted by Crippen LogP contribution is -2.56. The number of nitrogens with zero attached hydrogens (tertiary/aromatic N) is 1. The first-order valence-electron chi connectivity index (χ1n) is 6.17. The van der Waals surface area contributed by atoms with E-state index >= 15 is 0 Å². The van der Waals surface area contributed by atoms with Gasteiger partial charge in [-0.3, -0.25) is 4.90 Å². The zero-order valence-corrected chi connectivity index (χ0v) is 10.4. The fourth-order valence-corrected chi connectivity index (χ4v) is 2.15. The van der Waals surface area contributed by atoms with E-state index in [4.69, 9.17) is 5.73 Å². The number of aliphatic hydroxyl groups excluding tert-OH is 1. The molecule has 3 N–H and O–H groups in total. The Hall–Kier alpha value is -0.120. The van der Waals surface area contributed by atoms with Crippen molar-refractivity contribution in [2.24, 2.45) is 11.7 Å². The number of hydrogen-bond donors (Lipinski definition) is 2. The van der Waals surface area contributed by atoms with E-state index in [1.54, 1.807) is 0 Å². The van der Waals surface area contributed by atoms with Gasteiger partial charge >= 0.3 is 0 Å². The molecule has 1 aliphatic rings. The summed E-state index contributed by atoms with van der Waals surface area (Å²) in [6, 6.07) is 0.512. The van der Waals surface area contributed by atoms with E-state index in [2.05, 4.69) is 25.7 Å². The molecule has 1 aliphatic carbocycles. The highest BCUT2D eigenvalue weighted by molar-refractivity contribution is 5.00. The molecule has 0 aromatic heterocycles. The normalized spacial score (nSPS) is 21.0. The van der Waals surface area contributed by atoms with Crippen LogP contribution in [0.5, 0.6) is 0 Å². The third-order valence-corrected chi connectivity index (χ3v) is 3.42. The number of rotatable bonds is 7. The van der Waals surface area contributed by atoms with E-state index in [0.29, 0.717) is 12.0 Å². The Kier molecular flexibility index (Phi) is 4.56. The molecule has 0 heterocycles. The maximum atomic E-state index is 9.44. The molecular formula is C12H26N2O. The average molecular weight is 214 g/mol. The second kappa shape index (κ2) is 5.28. The van der Waals surface area contributed by atoms with Gasteiger partial charge < -0.3 is 10.8 Å². The molecule has 1 rings (SSSR count). The summed E-state index contributed by atoms with van der Waals surface area (Å²) in [5, 5.41) is 9.44. The van der Waals surface area contributed by atoms with Crippen LogP contribution in [-0.2, 0) is 0 Å². The van der Waals surface area contributed by atoms with Crippen molar-refractivity contribution in [1.82, 2.24) is 4.90 Å². The van der Waals surface area contributed by atoms with Crippen LogP contribution in [0.2, 0.25) is 0 Å². The van der Waals surface area contributed by atoms with Crippen LogP contribution in [-0.4, -0.2) is 41.3 Å². The lowest BCUT2D eigenvalue weighted by atomic mass is 9.94. The molecule has 1 saturated carbocycles. The summed E-state index contributed by atoms with van der Waals surface area (Å²) < 4.78 is 0. The van der Waals surface area contributed by atoms with Crippen molar-refractivity contribution in [3.63, 3.8) is 0 Å². The van der Waals surface area contributed by atoms with Crippen LogP contribution in [0, 0.1) is 5.92 Å². The minimum Gasteiger partial charge on any atom is -0.394 e. The molecule has 0 spiro atoms. The standard InChI is InChI=1S/C12H26N2O/c1-4-7-14(10(2)3)8-12(13,9-15)11-5-6-11/h10-11,15H,4-9,13H2,1-3H3. The van der Waals surface area contributed by atoms with Crippen LogP contribution in [0.4, 0.5) is 0 Å². The minimum absolute atomic E-state index is 0.116. The third kappa shape index (κ3) is 3.44. The molecule has 15 heavy (non-hydrogen) atoms. The first-order chi connectivity index (χ1) is 7.03. The molecule has 0 radical (unpaired) electrons. The molecule has 1 unspecified atom stereocenters. The highest BCUT2D eigenvalue weighted by Gasteiger charge is 2.42. The van der Waals surface area contributed by atoms with Crippen molar-refractivity contribution in [1.29, 1.82) is 0 Å². The van der Waals surface area contributed by atoms with Crippen molar-refractivity contribution < 1.29 is 5.11 Å². The Morgan fingerprint density at radius 1 is 1.47 bits per heavy atom. The van der Waals surface area contributed by atoms with E-state index in [1.165, 1.54) is 12.8 Å². The molecule has 1 atom stereocenters. The van der Waals surface area contributed by atoms with Gasteiger partial charge in [0.2, 0.25) is 0 Å². The molecule has 0 aromatic carbocycles. The maximum absolute atomic E-state index is 9.44. The second-order valence-corrected chi connectivity index (χ2v) is 5.23. The van der Waals surface area contributed by atoms with E-state index < -0.39 is 0 Å². The van der Waals surface area contributed by atoms with Gasteiger partial charge in [-0.2, -0.15) is 0 Å². The molecular weight excluding hydrogens is 188 g/mol. The van der Waals surface area contributed by atoms with Gasteiger partial charge in [0.25, 0.3) is 0 Å². The van der Waals surface area contributed by atoms with Gasteiger partial charge in [-0.25, -0.2) is 0 Å². The molecule has 3 nitrogen and oxygen atoms in total. The van der Waals surface area contributed by atoms with Gasteiger partial charge in [0, 0.05) is 12.6 Å². The highest BCUT2D eigenvalue weighted by Crippen LogP contribution is 2.38. The van der Waals surface area contributed by atoms with Crippen molar-refractivity contribution in [3.8, 4) is 0 Å². The Balaban J connectivity index is 2.53. The van der Waals surface area contributed by atoms with E-state index in [1.807, 2.05) is 0 Å². The van der Waals surface area contributed by atoms with Crippen LogP contribution < -0.4 is 5.73 Å². The van der Waals surface area contributed by atoms with Gasteiger partial charge in [0.15, 0.2) is 0 Å². The monoisotopic (exact) mass is 214 g/mol. The van der Waals surface area contributed by atoms with Gasteiger partial charge in [0.05, 0.1) is 12.1 Å². The van der Waals surface area contributed by atoms with Crippen LogP contribution in [0.15, 0.2) is 0 Å². The molecule has 0 aromatic rings. The summed E-state index contributed by atoms with van der Waals surface area (Å²) in [6.45, 7) is 8.60. The highest BCUT2D eigenvalue weighted by atomic mass is 16.3.